The fraction of sp³-hybridized carbons (Fsp3) is 0.333. The Morgan fingerprint density at radius 1 is 1.47 bits per heavy atom. The van der Waals surface area contributed by atoms with Gasteiger partial charge in [0.05, 0.1) is 18.2 Å². The number of ether oxygens (including phenoxy) is 1. The molecule has 2 amide bonds. The van der Waals surface area contributed by atoms with Crippen molar-refractivity contribution in [3.8, 4) is 11.8 Å². The molecule has 5 nitrogen and oxygen atoms in total. The molecule has 0 atom stereocenters. The molecule has 2 N–H and O–H groups in total. The lowest BCUT2D eigenvalue weighted by Gasteiger charge is -2.18. The van der Waals surface area contributed by atoms with E-state index >= 15 is 0 Å². The zero-order chi connectivity index (χ0) is 12.7. The van der Waals surface area contributed by atoms with Gasteiger partial charge in [0.15, 0.2) is 0 Å². The Morgan fingerprint density at radius 2 is 2.12 bits per heavy atom. The fourth-order valence-electron chi connectivity index (χ4n) is 1.32. The van der Waals surface area contributed by atoms with Crippen LogP contribution in [0.3, 0.4) is 0 Å². The number of benzene rings is 1. The first-order chi connectivity index (χ1) is 8.17. The summed E-state index contributed by atoms with van der Waals surface area (Å²) in [4.78, 5) is 12.4. The van der Waals surface area contributed by atoms with Crippen LogP contribution in [0.1, 0.15) is 12.5 Å². The van der Waals surface area contributed by atoms with Crippen LogP contribution in [0.4, 0.5) is 4.79 Å². The van der Waals surface area contributed by atoms with Crippen LogP contribution >= 0.6 is 0 Å². The Hall–Kier alpha value is -2.22. The van der Waals surface area contributed by atoms with Gasteiger partial charge in [0.1, 0.15) is 12.4 Å². The maximum atomic E-state index is 10.9. The maximum Gasteiger partial charge on any atom is 0.314 e. The quantitative estimate of drug-likeness (QED) is 0.833. The number of nitrogens with zero attached hydrogens (tertiary/aromatic N) is 2. The minimum Gasteiger partial charge on any atom is -0.492 e. The average Bonchev–Trinajstić information content (AvgIpc) is 2.35. The summed E-state index contributed by atoms with van der Waals surface area (Å²) in [6.45, 7) is 3.24. The van der Waals surface area contributed by atoms with E-state index in [-0.39, 0.29) is 0 Å². The van der Waals surface area contributed by atoms with Gasteiger partial charge < -0.3 is 15.4 Å². The zero-order valence-electron chi connectivity index (χ0n) is 9.72. The van der Waals surface area contributed by atoms with Crippen molar-refractivity contribution in [2.24, 2.45) is 5.73 Å². The maximum absolute atomic E-state index is 10.9. The standard InChI is InChI=1S/C12H15N3O2/c1-2-15(12(14)16)7-8-17-11-5-3-10(9-13)4-6-11/h3-6H,2,7-8H2,1H3,(H2,14,16). The molecule has 17 heavy (non-hydrogen) atoms. The summed E-state index contributed by atoms with van der Waals surface area (Å²) >= 11 is 0. The average molecular weight is 233 g/mol. The molecule has 0 radical (unpaired) electrons. The highest BCUT2D eigenvalue weighted by atomic mass is 16.5. The van der Waals surface area contributed by atoms with E-state index in [9.17, 15) is 4.79 Å². The molecule has 1 aromatic carbocycles. The van der Waals surface area contributed by atoms with Gasteiger partial charge in [-0.05, 0) is 31.2 Å². The second-order valence-corrected chi connectivity index (χ2v) is 3.40. The topological polar surface area (TPSA) is 79.3 Å². The van der Waals surface area contributed by atoms with Crippen LogP contribution in [-0.4, -0.2) is 30.6 Å². The summed E-state index contributed by atoms with van der Waals surface area (Å²) in [7, 11) is 0. The summed E-state index contributed by atoms with van der Waals surface area (Å²) in [5.74, 6) is 0.671. The van der Waals surface area contributed by atoms with E-state index in [1.807, 2.05) is 13.0 Å². The Morgan fingerprint density at radius 3 is 2.59 bits per heavy atom. The monoisotopic (exact) mass is 233 g/mol. The number of primary amides is 1. The summed E-state index contributed by atoms with van der Waals surface area (Å²) in [6, 6.07) is 8.39. The molecule has 0 fully saturated rings. The van der Waals surface area contributed by atoms with Gasteiger partial charge in [0.25, 0.3) is 0 Å². The number of nitrogens with two attached hydrogens (primary N) is 1. The third-order valence-electron chi connectivity index (χ3n) is 2.31. The smallest absolute Gasteiger partial charge is 0.314 e. The number of hydrogen-bond donors (Lipinski definition) is 1. The second-order valence-electron chi connectivity index (χ2n) is 3.40. The lowest BCUT2D eigenvalue weighted by atomic mass is 10.2. The predicted octanol–water partition coefficient (Wildman–Crippen LogP) is 1.34. The van der Waals surface area contributed by atoms with Gasteiger partial charge in [-0.25, -0.2) is 4.79 Å². The number of rotatable bonds is 5. The number of amides is 2. The summed E-state index contributed by atoms with van der Waals surface area (Å²) in [6.07, 6.45) is 0. The highest BCUT2D eigenvalue weighted by molar-refractivity contribution is 5.71. The Labute approximate surface area is 100 Å². The van der Waals surface area contributed by atoms with Gasteiger partial charge in [0.2, 0.25) is 0 Å². The number of hydrogen-bond acceptors (Lipinski definition) is 3. The van der Waals surface area contributed by atoms with Crippen molar-refractivity contribution in [3.63, 3.8) is 0 Å². The number of urea groups is 1. The highest BCUT2D eigenvalue weighted by Crippen LogP contribution is 2.11. The molecule has 1 aromatic rings. The van der Waals surface area contributed by atoms with Crippen LogP contribution in [-0.2, 0) is 0 Å². The van der Waals surface area contributed by atoms with E-state index in [1.54, 1.807) is 24.3 Å². The predicted molar refractivity (Wildman–Crippen MR) is 63.5 cm³/mol. The van der Waals surface area contributed by atoms with Crippen molar-refractivity contribution in [2.45, 2.75) is 6.92 Å². The molecule has 0 unspecified atom stereocenters. The zero-order valence-corrected chi connectivity index (χ0v) is 9.72. The van der Waals surface area contributed by atoms with Crippen molar-refractivity contribution >= 4 is 6.03 Å². The van der Waals surface area contributed by atoms with Crippen LogP contribution in [0.15, 0.2) is 24.3 Å². The third-order valence-corrected chi connectivity index (χ3v) is 2.31. The number of carbonyl (C=O) groups excluding carboxylic acids is 1. The van der Waals surface area contributed by atoms with E-state index in [2.05, 4.69) is 0 Å². The molecule has 0 aliphatic heterocycles. The highest BCUT2D eigenvalue weighted by Gasteiger charge is 2.06. The summed E-state index contributed by atoms with van der Waals surface area (Å²) in [5, 5.41) is 8.62. The first-order valence-corrected chi connectivity index (χ1v) is 5.34. The fourth-order valence-corrected chi connectivity index (χ4v) is 1.32. The van der Waals surface area contributed by atoms with Gasteiger partial charge in [-0.15, -0.1) is 0 Å². The van der Waals surface area contributed by atoms with E-state index in [1.165, 1.54) is 4.90 Å². The number of nitriles is 1. The Balaban J connectivity index is 2.40. The number of likely N-dealkylation sites (N-methyl/N-ethyl adjacent to an activating group) is 1. The third kappa shape index (κ3) is 4.03. The van der Waals surface area contributed by atoms with E-state index < -0.39 is 6.03 Å². The lowest BCUT2D eigenvalue weighted by Crippen LogP contribution is -2.38. The molecule has 5 heteroatoms. The molecule has 1 rings (SSSR count). The molecule has 0 aliphatic rings. The largest absolute Gasteiger partial charge is 0.492 e. The molecule has 0 aliphatic carbocycles. The van der Waals surface area contributed by atoms with E-state index in [0.717, 1.165) is 0 Å². The van der Waals surface area contributed by atoms with E-state index in [4.69, 9.17) is 15.7 Å². The molecule has 0 saturated heterocycles. The Bertz CT molecular complexity index is 409. The van der Waals surface area contributed by atoms with Crippen LogP contribution < -0.4 is 10.5 Å². The molecular formula is C12H15N3O2. The van der Waals surface area contributed by atoms with Crippen molar-refractivity contribution in [1.82, 2.24) is 4.90 Å². The van der Waals surface area contributed by atoms with Crippen molar-refractivity contribution in [3.05, 3.63) is 29.8 Å². The van der Waals surface area contributed by atoms with Crippen LogP contribution in [0.25, 0.3) is 0 Å². The lowest BCUT2D eigenvalue weighted by molar-refractivity contribution is 0.194. The first-order valence-electron chi connectivity index (χ1n) is 5.34. The van der Waals surface area contributed by atoms with Crippen molar-refractivity contribution in [1.29, 1.82) is 5.26 Å². The summed E-state index contributed by atoms with van der Waals surface area (Å²) < 4.78 is 5.43. The first kappa shape index (κ1) is 12.8. The molecule has 0 heterocycles. The van der Waals surface area contributed by atoms with Crippen molar-refractivity contribution < 1.29 is 9.53 Å². The van der Waals surface area contributed by atoms with Crippen LogP contribution in [0.5, 0.6) is 5.75 Å². The van der Waals surface area contributed by atoms with Gasteiger partial charge in [-0.3, -0.25) is 0 Å². The van der Waals surface area contributed by atoms with Gasteiger partial charge in [-0.2, -0.15) is 5.26 Å². The minimum absolute atomic E-state index is 0.378. The van der Waals surface area contributed by atoms with Crippen LogP contribution in [0.2, 0.25) is 0 Å². The summed E-state index contributed by atoms with van der Waals surface area (Å²) in [5.41, 5.74) is 5.75. The normalized spacial score (nSPS) is 9.41. The molecule has 0 aromatic heterocycles. The van der Waals surface area contributed by atoms with Gasteiger partial charge in [-0.1, -0.05) is 0 Å². The second kappa shape index (κ2) is 6.38. The van der Waals surface area contributed by atoms with Crippen LogP contribution in [0, 0.1) is 11.3 Å². The number of carbonyl (C=O) groups is 1. The van der Waals surface area contributed by atoms with Gasteiger partial charge in [0, 0.05) is 6.54 Å². The molecular weight excluding hydrogens is 218 g/mol. The van der Waals surface area contributed by atoms with Gasteiger partial charge >= 0.3 is 6.03 Å². The molecule has 0 spiro atoms. The SMILES string of the molecule is CCN(CCOc1ccc(C#N)cc1)C(N)=O. The minimum atomic E-state index is -0.448. The Kier molecular flexibility index (Phi) is 4.82. The molecule has 0 saturated carbocycles. The molecule has 90 valence electrons. The van der Waals surface area contributed by atoms with E-state index in [0.29, 0.717) is 31.0 Å². The molecule has 0 bridgehead atoms. The van der Waals surface area contributed by atoms with Crippen molar-refractivity contribution in [2.75, 3.05) is 19.7 Å².